The Morgan fingerprint density at radius 2 is 1.83 bits per heavy atom. The number of aromatic nitrogens is 1. The van der Waals surface area contributed by atoms with Gasteiger partial charge >= 0.3 is 0 Å². The number of aromatic amines is 1. The van der Waals surface area contributed by atoms with Crippen molar-refractivity contribution in [2.24, 2.45) is 0 Å². The van der Waals surface area contributed by atoms with Gasteiger partial charge < -0.3 is 10.3 Å². The predicted octanol–water partition coefficient (Wildman–Crippen LogP) is 5.99. The largest absolute Gasteiger partial charge is 0.353 e. The Morgan fingerprint density at radius 1 is 1.00 bits per heavy atom. The minimum absolute atomic E-state index is 0.546. The lowest BCUT2D eigenvalue weighted by Crippen LogP contribution is -2.39. The van der Waals surface area contributed by atoms with Crippen LogP contribution in [-0.4, -0.2) is 10.1 Å². The van der Waals surface area contributed by atoms with Crippen molar-refractivity contribution in [3.63, 3.8) is 0 Å². The fourth-order valence-electron chi connectivity index (χ4n) is 4.83. The first-order chi connectivity index (χ1) is 14.8. The zero-order valence-corrected chi connectivity index (χ0v) is 17.9. The molecule has 0 aliphatic heterocycles. The molecule has 0 amide bonds. The number of thiocarbonyl (C=S) groups is 1. The Balaban J connectivity index is 1.33. The third kappa shape index (κ3) is 3.94. The number of fused-ring (bicyclic) bond motifs is 3. The highest BCUT2D eigenvalue weighted by Crippen LogP contribution is 2.37. The number of benzene rings is 2. The molecule has 0 atom stereocenters. The zero-order chi connectivity index (χ0) is 20.3. The molecule has 3 aromatic rings. The Bertz CT molecular complexity index is 1080. The predicted molar refractivity (Wildman–Crippen MR) is 129 cm³/mol. The normalized spacial score (nSPS) is 16.6. The van der Waals surface area contributed by atoms with Gasteiger partial charge in [-0.1, -0.05) is 49.6 Å². The van der Waals surface area contributed by atoms with Gasteiger partial charge in [0.25, 0.3) is 0 Å². The molecule has 154 valence electrons. The molecule has 2 aromatic carbocycles. The van der Waals surface area contributed by atoms with Crippen LogP contribution in [0.25, 0.3) is 16.6 Å². The summed E-state index contributed by atoms with van der Waals surface area (Å²) in [4.78, 5) is 3.64. The number of hydrogen-bond acceptors (Lipinski definition) is 2. The first-order valence-electron chi connectivity index (χ1n) is 11.0. The number of hydrazine groups is 1. The molecule has 5 heteroatoms. The van der Waals surface area contributed by atoms with E-state index >= 15 is 0 Å². The van der Waals surface area contributed by atoms with E-state index in [1.807, 2.05) is 30.3 Å². The summed E-state index contributed by atoms with van der Waals surface area (Å²) in [5, 5.41) is 5.12. The lowest BCUT2D eigenvalue weighted by atomic mass is 9.83. The van der Waals surface area contributed by atoms with E-state index in [4.69, 9.17) is 12.2 Å². The van der Waals surface area contributed by atoms with Gasteiger partial charge in [-0.3, -0.25) is 10.9 Å². The Labute approximate surface area is 183 Å². The van der Waals surface area contributed by atoms with Gasteiger partial charge in [-0.05, 0) is 79.2 Å². The second-order valence-electron chi connectivity index (χ2n) is 8.35. The number of aryl methyl sites for hydroxylation is 1. The van der Waals surface area contributed by atoms with Crippen LogP contribution in [0.2, 0.25) is 0 Å². The van der Waals surface area contributed by atoms with Crippen molar-refractivity contribution >= 4 is 39.6 Å². The van der Waals surface area contributed by atoms with Crippen molar-refractivity contribution < 1.29 is 0 Å². The van der Waals surface area contributed by atoms with Gasteiger partial charge in [-0.2, -0.15) is 0 Å². The molecule has 4 N–H and O–H groups in total. The van der Waals surface area contributed by atoms with Crippen molar-refractivity contribution in [1.29, 1.82) is 0 Å². The van der Waals surface area contributed by atoms with E-state index in [0.717, 1.165) is 30.1 Å². The molecule has 5 rings (SSSR count). The zero-order valence-electron chi connectivity index (χ0n) is 17.1. The summed E-state index contributed by atoms with van der Waals surface area (Å²) in [6.45, 7) is 0. The number of allylic oxidation sites excluding steroid dienone is 1. The standard InChI is InChI=1S/C25H28N4S/c30-25(26-19-10-5-2-6-11-19)29-28-23-13-7-12-20-21-16-18(17-8-3-1-4-9-17)14-15-22(21)27-24(20)23/h2,5-6,10-11,13-17,27-28H,1,3-4,7-9,12H2,(H2,26,29,30). The van der Waals surface area contributed by atoms with Crippen LogP contribution in [0.4, 0.5) is 5.69 Å². The number of hydrogen-bond donors (Lipinski definition) is 4. The van der Waals surface area contributed by atoms with E-state index in [1.165, 1.54) is 59.8 Å². The quantitative estimate of drug-likeness (QED) is 0.311. The van der Waals surface area contributed by atoms with Crippen LogP contribution in [0.1, 0.15) is 61.3 Å². The van der Waals surface area contributed by atoms with Gasteiger partial charge in [0.05, 0.1) is 11.4 Å². The summed E-state index contributed by atoms with van der Waals surface area (Å²) in [6, 6.07) is 17.0. The van der Waals surface area contributed by atoms with Crippen LogP contribution in [0.5, 0.6) is 0 Å². The molecular formula is C25H28N4S. The van der Waals surface area contributed by atoms with Crippen LogP contribution in [0.15, 0.2) is 54.6 Å². The van der Waals surface area contributed by atoms with Crippen molar-refractivity contribution in [3.05, 3.63) is 71.4 Å². The average molecular weight is 417 g/mol. The molecule has 0 spiro atoms. The number of H-pyrrole nitrogens is 1. The van der Waals surface area contributed by atoms with E-state index in [-0.39, 0.29) is 0 Å². The maximum Gasteiger partial charge on any atom is 0.189 e. The van der Waals surface area contributed by atoms with Gasteiger partial charge in [-0.15, -0.1) is 0 Å². The SMILES string of the molecule is S=C(NNC1=CCCc2c1[nH]c1ccc(C3CCCCC3)cc21)Nc1ccccc1. The highest BCUT2D eigenvalue weighted by molar-refractivity contribution is 7.80. The van der Waals surface area contributed by atoms with Gasteiger partial charge in [0.1, 0.15) is 0 Å². The minimum Gasteiger partial charge on any atom is -0.353 e. The van der Waals surface area contributed by atoms with E-state index in [9.17, 15) is 0 Å². The van der Waals surface area contributed by atoms with Crippen molar-refractivity contribution in [1.82, 2.24) is 15.8 Å². The molecule has 1 aromatic heterocycles. The first kappa shape index (κ1) is 19.2. The molecule has 0 bridgehead atoms. The third-order valence-electron chi connectivity index (χ3n) is 6.36. The molecule has 0 saturated heterocycles. The Morgan fingerprint density at radius 3 is 2.67 bits per heavy atom. The monoisotopic (exact) mass is 416 g/mol. The van der Waals surface area contributed by atoms with E-state index in [1.54, 1.807) is 0 Å². The molecule has 1 fully saturated rings. The van der Waals surface area contributed by atoms with Crippen LogP contribution in [-0.2, 0) is 6.42 Å². The van der Waals surface area contributed by atoms with Crippen LogP contribution in [0.3, 0.4) is 0 Å². The van der Waals surface area contributed by atoms with E-state index in [2.05, 4.69) is 45.4 Å². The summed E-state index contributed by atoms with van der Waals surface area (Å²) in [5.41, 5.74) is 13.8. The van der Waals surface area contributed by atoms with Gasteiger partial charge in [0, 0.05) is 16.6 Å². The van der Waals surface area contributed by atoms with Gasteiger partial charge in [0.2, 0.25) is 0 Å². The lowest BCUT2D eigenvalue weighted by molar-refractivity contribution is 0.444. The summed E-state index contributed by atoms with van der Waals surface area (Å²) in [6.07, 6.45) is 11.1. The topological polar surface area (TPSA) is 51.9 Å². The molecule has 0 unspecified atom stereocenters. The third-order valence-corrected chi connectivity index (χ3v) is 6.57. The summed E-state index contributed by atoms with van der Waals surface area (Å²) >= 11 is 5.43. The Hall–Kier alpha value is -2.79. The van der Waals surface area contributed by atoms with Crippen LogP contribution in [0, 0.1) is 0 Å². The maximum atomic E-state index is 5.43. The molecule has 2 aliphatic rings. The lowest BCUT2D eigenvalue weighted by Gasteiger charge is -2.22. The summed E-state index contributed by atoms with van der Waals surface area (Å²) in [5.74, 6) is 0.730. The number of anilines is 1. The highest BCUT2D eigenvalue weighted by Gasteiger charge is 2.21. The fraction of sp³-hybridized carbons (Fsp3) is 0.320. The molecule has 0 radical (unpaired) electrons. The molecule has 2 aliphatic carbocycles. The van der Waals surface area contributed by atoms with Crippen molar-refractivity contribution in [2.45, 2.75) is 50.9 Å². The van der Waals surface area contributed by atoms with Crippen LogP contribution < -0.4 is 16.2 Å². The highest BCUT2D eigenvalue weighted by atomic mass is 32.1. The smallest absolute Gasteiger partial charge is 0.189 e. The van der Waals surface area contributed by atoms with E-state index in [0.29, 0.717) is 5.11 Å². The second kappa shape index (κ2) is 8.52. The molecule has 1 heterocycles. The van der Waals surface area contributed by atoms with Gasteiger partial charge in [0.15, 0.2) is 5.11 Å². The average Bonchev–Trinajstić information content (AvgIpc) is 3.17. The van der Waals surface area contributed by atoms with Crippen molar-refractivity contribution in [2.75, 3.05) is 5.32 Å². The Kier molecular flexibility index (Phi) is 5.45. The molecule has 1 saturated carbocycles. The fourth-order valence-corrected chi connectivity index (χ4v) is 5.00. The summed E-state index contributed by atoms with van der Waals surface area (Å²) < 4.78 is 0. The number of rotatable bonds is 4. The first-order valence-corrected chi connectivity index (χ1v) is 11.4. The van der Waals surface area contributed by atoms with Gasteiger partial charge in [-0.25, -0.2) is 0 Å². The second-order valence-corrected chi connectivity index (χ2v) is 8.75. The maximum absolute atomic E-state index is 5.43. The molecule has 4 nitrogen and oxygen atoms in total. The number of nitrogens with one attached hydrogen (secondary N) is 4. The molecule has 30 heavy (non-hydrogen) atoms. The van der Waals surface area contributed by atoms with Crippen LogP contribution >= 0.6 is 12.2 Å². The summed E-state index contributed by atoms with van der Waals surface area (Å²) in [7, 11) is 0. The van der Waals surface area contributed by atoms with E-state index < -0.39 is 0 Å². The minimum atomic E-state index is 0.546. The number of para-hydroxylation sites is 1. The van der Waals surface area contributed by atoms with Crippen molar-refractivity contribution in [3.8, 4) is 0 Å². The molecular weight excluding hydrogens is 388 g/mol.